The van der Waals surface area contributed by atoms with Gasteiger partial charge in [0.2, 0.25) is 0 Å². The summed E-state index contributed by atoms with van der Waals surface area (Å²) >= 11 is 0. The van der Waals surface area contributed by atoms with E-state index in [1.165, 1.54) is 38.6 Å². The maximum absolute atomic E-state index is 5.27. The molecule has 3 unspecified atom stereocenters. The molecule has 3 heteroatoms. The number of methoxy groups -OCH3 is 1. The van der Waals surface area contributed by atoms with E-state index in [2.05, 4.69) is 24.1 Å². The lowest BCUT2D eigenvalue weighted by molar-refractivity contribution is 0.0128. The Hall–Kier alpha value is -0.120. The molecule has 0 heterocycles. The van der Waals surface area contributed by atoms with E-state index < -0.39 is 0 Å². The summed E-state index contributed by atoms with van der Waals surface area (Å²) in [5, 5.41) is 3.70. The van der Waals surface area contributed by atoms with Gasteiger partial charge in [0.15, 0.2) is 0 Å². The molecule has 1 N–H and O–H groups in total. The van der Waals surface area contributed by atoms with Crippen LogP contribution < -0.4 is 5.32 Å². The molecular weight excluding hydrogens is 224 g/mol. The standard InChI is InChI=1S/C15H30N2O/c1-4-12(2)17(9-10-18-3)15-8-5-13(15)11-16-14-6-7-14/h12-16H,4-11H2,1-3H3. The van der Waals surface area contributed by atoms with E-state index in [0.717, 1.165) is 31.2 Å². The molecule has 2 saturated carbocycles. The van der Waals surface area contributed by atoms with E-state index >= 15 is 0 Å². The van der Waals surface area contributed by atoms with Crippen molar-refractivity contribution in [2.45, 2.75) is 64.1 Å². The van der Waals surface area contributed by atoms with Gasteiger partial charge < -0.3 is 10.1 Å². The van der Waals surface area contributed by atoms with Gasteiger partial charge >= 0.3 is 0 Å². The molecule has 0 bridgehead atoms. The molecule has 0 amide bonds. The highest BCUT2D eigenvalue weighted by Gasteiger charge is 2.37. The zero-order valence-electron chi connectivity index (χ0n) is 12.3. The van der Waals surface area contributed by atoms with Gasteiger partial charge in [-0.05, 0) is 51.5 Å². The van der Waals surface area contributed by atoms with Crippen molar-refractivity contribution in [3.05, 3.63) is 0 Å². The van der Waals surface area contributed by atoms with Gasteiger partial charge in [-0.1, -0.05) is 6.92 Å². The summed E-state index contributed by atoms with van der Waals surface area (Å²) in [5.74, 6) is 0.872. The predicted molar refractivity (Wildman–Crippen MR) is 75.9 cm³/mol. The van der Waals surface area contributed by atoms with E-state index in [-0.39, 0.29) is 0 Å². The molecule has 3 nitrogen and oxygen atoms in total. The van der Waals surface area contributed by atoms with Crippen molar-refractivity contribution in [1.29, 1.82) is 0 Å². The molecule has 2 aliphatic rings. The van der Waals surface area contributed by atoms with Gasteiger partial charge in [-0.2, -0.15) is 0 Å². The average molecular weight is 254 g/mol. The Balaban J connectivity index is 1.79. The molecule has 3 atom stereocenters. The first-order valence-corrected chi connectivity index (χ1v) is 7.74. The second-order valence-electron chi connectivity index (χ2n) is 6.08. The molecule has 0 saturated heterocycles. The topological polar surface area (TPSA) is 24.5 Å². The van der Waals surface area contributed by atoms with Crippen LogP contribution in [0.25, 0.3) is 0 Å². The van der Waals surface area contributed by atoms with Crippen LogP contribution in [0.2, 0.25) is 0 Å². The van der Waals surface area contributed by atoms with Crippen LogP contribution in [0.5, 0.6) is 0 Å². The third-order valence-electron chi connectivity index (χ3n) is 4.76. The predicted octanol–water partition coefficient (Wildman–Crippen LogP) is 2.26. The molecular formula is C15H30N2O. The van der Waals surface area contributed by atoms with Gasteiger partial charge in [-0.15, -0.1) is 0 Å². The van der Waals surface area contributed by atoms with Crippen molar-refractivity contribution in [3.63, 3.8) is 0 Å². The maximum Gasteiger partial charge on any atom is 0.0589 e. The van der Waals surface area contributed by atoms with Crippen molar-refractivity contribution < 1.29 is 4.74 Å². The number of nitrogens with one attached hydrogen (secondary N) is 1. The number of nitrogens with zero attached hydrogens (tertiary/aromatic N) is 1. The normalized spacial score (nSPS) is 29.3. The van der Waals surface area contributed by atoms with Crippen LogP contribution >= 0.6 is 0 Å². The second kappa shape index (κ2) is 6.88. The highest BCUT2D eigenvalue weighted by atomic mass is 16.5. The van der Waals surface area contributed by atoms with E-state index in [0.29, 0.717) is 6.04 Å². The lowest BCUT2D eigenvalue weighted by atomic mass is 9.77. The Labute approximate surface area is 112 Å². The molecule has 0 spiro atoms. The van der Waals surface area contributed by atoms with Gasteiger partial charge in [0.1, 0.15) is 0 Å². The van der Waals surface area contributed by atoms with Crippen LogP contribution in [0.1, 0.15) is 46.0 Å². The zero-order chi connectivity index (χ0) is 13.0. The fraction of sp³-hybridized carbons (Fsp3) is 1.00. The number of rotatable bonds is 9. The first-order chi connectivity index (χ1) is 8.76. The van der Waals surface area contributed by atoms with E-state index in [9.17, 15) is 0 Å². The van der Waals surface area contributed by atoms with Gasteiger partial charge in [-0.25, -0.2) is 0 Å². The molecule has 106 valence electrons. The van der Waals surface area contributed by atoms with Crippen LogP contribution in [-0.2, 0) is 4.74 Å². The van der Waals surface area contributed by atoms with Crippen LogP contribution in [-0.4, -0.2) is 49.8 Å². The zero-order valence-corrected chi connectivity index (χ0v) is 12.3. The highest BCUT2D eigenvalue weighted by molar-refractivity contribution is 4.93. The van der Waals surface area contributed by atoms with Crippen LogP contribution in [0, 0.1) is 5.92 Å². The molecule has 2 rings (SSSR count). The fourth-order valence-electron chi connectivity index (χ4n) is 2.98. The highest BCUT2D eigenvalue weighted by Crippen LogP contribution is 2.34. The minimum atomic E-state index is 0.689. The van der Waals surface area contributed by atoms with E-state index in [1.54, 1.807) is 0 Å². The summed E-state index contributed by atoms with van der Waals surface area (Å²) in [4.78, 5) is 2.69. The first kappa shape index (κ1) is 14.3. The molecule has 0 aliphatic heterocycles. The summed E-state index contributed by atoms with van der Waals surface area (Å²) in [7, 11) is 1.81. The number of ether oxygens (including phenoxy) is 1. The van der Waals surface area contributed by atoms with Gasteiger partial charge in [0.05, 0.1) is 6.61 Å². The fourth-order valence-corrected chi connectivity index (χ4v) is 2.98. The Bertz CT molecular complexity index is 243. The summed E-state index contributed by atoms with van der Waals surface area (Å²) in [6, 6.07) is 2.33. The molecule has 0 aromatic heterocycles. The van der Waals surface area contributed by atoms with Crippen LogP contribution in [0.3, 0.4) is 0 Å². The molecule has 0 aromatic rings. The Morgan fingerprint density at radius 2 is 2.06 bits per heavy atom. The molecule has 0 radical (unpaired) electrons. The largest absolute Gasteiger partial charge is 0.383 e. The van der Waals surface area contributed by atoms with Crippen molar-refractivity contribution in [2.24, 2.45) is 5.92 Å². The van der Waals surface area contributed by atoms with Crippen molar-refractivity contribution in [1.82, 2.24) is 10.2 Å². The molecule has 2 aliphatic carbocycles. The SMILES string of the molecule is CCC(C)N(CCOC)C1CCC1CNC1CC1. The molecule has 2 fully saturated rings. The minimum Gasteiger partial charge on any atom is -0.383 e. The summed E-state index contributed by atoms with van der Waals surface area (Å²) < 4.78 is 5.27. The lowest BCUT2D eigenvalue weighted by Gasteiger charge is -2.47. The summed E-state index contributed by atoms with van der Waals surface area (Å²) in [6.45, 7) is 7.84. The quantitative estimate of drug-likeness (QED) is 0.683. The van der Waals surface area contributed by atoms with E-state index in [1.807, 2.05) is 7.11 Å². The third kappa shape index (κ3) is 3.69. The van der Waals surface area contributed by atoms with E-state index in [4.69, 9.17) is 4.74 Å². The number of hydrogen-bond donors (Lipinski definition) is 1. The Kier molecular flexibility index (Phi) is 5.46. The molecule has 18 heavy (non-hydrogen) atoms. The minimum absolute atomic E-state index is 0.689. The van der Waals surface area contributed by atoms with Gasteiger partial charge in [-0.3, -0.25) is 4.90 Å². The van der Waals surface area contributed by atoms with Crippen molar-refractivity contribution in [3.8, 4) is 0 Å². The Morgan fingerprint density at radius 1 is 1.28 bits per heavy atom. The third-order valence-corrected chi connectivity index (χ3v) is 4.76. The Morgan fingerprint density at radius 3 is 2.56 bits per heavy atom. The van der Waals surface area contributed by atoms with Gasteiger partial charge in [0.25, 0.3) is 0 Å². The van der Waals surface area contributed by atoms with Crippen molar-refractivity contribution >= 4 is 0 Å². The monoisotopic (exact) mass is 254 g/mol. The van der Waals surface area contributed by atoms with Gasteiger partial charge in [0, 0.05) is 31.8 Å². The van der Waals surface area contributed by atoms with Crippen LogP contribution in [0.4, 0.5) is 0 Å². The number of hydrogen-bond acceptors (Lipinski definition) is 3. The molecule has 0 aromatic carbocycles. The summed E-state index contributed by atoms with van der Waals surface area (Å²) in [5.41, 5.74) is 0. The summed E-state index contributed by atoms with van der Waals surface area (Å²) in [6.07, 6.45) is 6.82. The smallest absolute Gasteiger partial charge is 0.0589 e. The van der Waals surface area contributed by atoms with Crippen molar-refractivity contribution in [2.75, 3.05) is 26.8 Å². The maximum atomic E-state index is 5.27. The average Bonchev–Trinajstić information content (AvgIpc) is 3.16. The first-order valence-electron chi connectivity index (χ1n) is 7.74. The lowest BCUT2D eigenvalue weighted by Crippen LogP contribution is -2.54. The second-order valence-corrected chi connectivity index (χ2v) is 6.08. The van der Waals surface area contributed by atoms with Crippen LogP contribution in [0.15, 0.2) is 0 Å².